The number of nitrogens with two attached hydrogens (primary N) is 2. The van der Waals surface area contributed by atoms with Gasteiger partial charge in [-0.05, 0) is 68.1 Å². The molecule has 29 heavy (non-hydrogen) atoms. The predicted octanol–water partition coefficient (Wildman–Crippen LogP) is 3.74. The Morgan fingerprint density at radius 1 is 1.00 bits per heavy atom. The SMILES string of the molecule is NC1=NC2(CCCCC2)N(c2ccc3oc(-c4ccc(F)cc4)nc3c2)C(N)=N1. The van der Waals surface area contributed by atoms with E-state index in [-0.39, 0.29) is 11.8 Å². The standard InChI is InChI=1S/C21H21FN6O/c22-14-6-4-13(5-7-14)18-25-16-12-15(8-9-17(16)29-18)28-20(24)26-19(23)27-21(28)10-2-1-3-11-21/h4-9,12H,1-3,10-11H2,(H4,23,24,26,27). The molecule has 5 rings (SSSR count). The Hall–Kier alpha value is -3.42. The van der Waals surface area contributed by atoms with E-state index >= 15 is 0 Å². The van der Waals surface area contributed by atoms with E-state index < -0.39 is 5.66 Å². The van der Waals surface area contributed by atoms with Gasteiger partial charge in [0.1, 0.15) is 17.0 Å². The zero-order chi connectivity index (χ0) is 20.0. The number of oxazole rings is 1. The van der Waals surface area contributed by atoms with Crippen LogP contribution in [0, 0.1) is 5.82 Å². The molecule has 0 bridgehead atoms. The molecule has 148 valence electrons. The van der Waals surface area contributed by atoms with Gasteiger partial charge in [0, 0.05) is 11.3 Å². The molecule has 0 saturated heterocycles. The molecular formula is C21H21FN6O. The molecule has 0 radical (unpaired) electrons. The first kappa shape index (κ1) is 17.7. The Labute approximate surface area is 166 Å². The lowest BCUT2D eigenvalue weighted by Gasteiger charge is -2.45. The summed E-state index contributed by atoms with van der Waals surface area (Å²) in [6.45, 7) is 0. The van der Waals surface area contributed by atoms with Crippen molar-refractivity contribution in [3.8, 4) is 11.5 Å². The largest absolute Gasteiger partial charge is 0.436 e. The van der Waals surface area contributed by atoms with E-state index in [2.05, 4.69) is 9.98 Å². The fraction of sp³-hybridized carbons (Fsp3) is 0.286. The number of anilines is 1. The van der Waals surface area contributed by atoms with Crippen LogP contribution in [0.3, 0.4) is 0 Å². The highest BCUT2D eigenvalue weighted by molar-refractivity contribution is 6.06. The summed E-state index contributed by atoms with van der Waals surface area (Å²) in [5.74, 6) is 0.694. The first-order valence-corrected chi connectivity index (χ1v) is 9.70. The number of halogens is 1. The summed E-state index contributed by atoms with van der Waals surface area (Å²) in [5, 5.41) is 0. The molecule has 3 aromatic rings. The fourth-order valence-electron chi connectivity index (χ4n) is 4.27. The fourth-order valence-corrected chi connectivity index (χ4v) is 4.27. The number of rotatable bonds is 2. The van der Waals surface area contributed by atoms with Gasteiger partial charge in [0.05, 0.1) is 0 Å². The van der Waals surface area contributed by atoms with Crippen LogP contribution in [0.1, 0.15) is 32.1 Å². The molecule has 4 N–H and O–H groups in total. The lowest BCUT2D eigenvalue weighted by Crippen LogP contribution is -2.58. The predicted molar refractivity (Wildman–Crippen MR) is 111 cm³/mol. The van der Waals surface area contributed by atoms with Gasteiger partial charge >= 0.3 is 0 Å². The van der Waals surface area contributed by atoms with E-state index in [0.29, 0.717) is 28.5 Å². The van der Waals surface area contributed by atoms with Crippen molar-refractivity contribution in [2.75, 3.05) is 4.90 Å². The van der Waals surface area contributed by atoms with Crippen molar-refractivity contribution in [1.82, 2.24) is 4.98 Å². The summed E-state index contributed by atoms with van der Waals surface area (Å²) in [6.07, 6.45) is 5.01. The molecule has 1 saturated carbocycles. The van der Waals surface area contributed by atoms with E-state index in [4.69, 9.17) is 20.9 Å². The number of aliphatic imine (C=N–C) groups is 2. The molecule has 0 unspecified atom stereocenters. The van der Waals surface area contributed by atoms with Crippen molar-refractivity contribution in [1.29, 1.82) is 0 Å². The molecule has 0 atom stereocenters. The number of guanidine groups is 2. The molecule has 2 aromatic carbocycles. The van der Waals surface area contributed by atoms with Crippen LogP contribution in [0.5, 0.6) is 0 Å². The van der Waals surface area contributed by atoms with E-state index in [9.17, 15) is 4.39 Å². The van der Waals surface area contributed by atoms with Crippen LogP contribution < -0.4 is 16.4 Å². The maximum absolute atomic E-state index is 13.2. The Kier molecular flexibility index (Phi) is 4.01. The van der Waals surface area contributed by atoms with Gasteiger partial charge in [0.2, 0.25) is 17.8 Å². The maximum Gasteiger partial charge on any atom is 0.227 e. The summed E-state index contributed by atoms with van der Waals surface area (Å²) in [7, 11) is 0. The van der Waals surface area contributed by atoms with Gasteiger partial charge in [0.25, 0.3) is 0 Å². The highest BCUT2D eigenvalue weighted by Crippen LogP contribution is 2.40. The van der Waals surface area contributed by atoms with E-state index in [1.165, 1.54) is 18.6 Å². The highest BCUT2D eigenvalue weighted by Gasteiger charge is 2.42. The molecule has 1 spiro atoms. The number of benzene rings is 2. The van der Waals surface area contributed by atoms with Gasteiger partial charge in [-0.1, -0.05) is 6.42 Å². The van der Waals surface area contributed by atoms with Crippen LogP contribution in [0.4, 0.5) is 10.1 Å². The second-order valence-electron chi connectivity index (χ2n) is 7.50. The van der Waals surface area contributed by atoms with Crippen molar-refractivity contribution >= 4 is 28.7 Å². The number of aromatic nitrogens is 1. The van der Waals surface area contributed by atoms with Gasteiger partial charge in [-0.3, -0.25) is 4.90 Å². The Morgan fingerprint density at radius 2 is 1.76 bits per heavy atom. The molecule has 7 nitrogen and oxygen atoms in total. The molecule has 2 heterocycles. The van der Waals surface area contributed by atoms with Crippen molar-refractivity contribution in [3.05, 3.63) is 48.3 Å². The van der Waals surface area contributed by atoms with E-state index in [1.807, 2.05) is 23.1 Å². The molecule has 2 aliphatic rings. The van der Waals surface area contributed by atoms with Crippen LogP contribution in [0.15, 0.2) is 56.9 Å². The molecule has 1 aromatic heterocycles. The summed E-state index contributed by atoms with van der Waals surface area (Å²) in [5.41, 5.74) is 14.6. The zero-order valence-electron chi connectivity index (χ0n) is 15.8. The Balaban J connectivity index is 1.57. The monoisotopic (exact) mass is 392 g/mol. The summed E-state index contributed by atoms with van der Waals surface area (Å²) in [4.78, 5) is 15.4. The molecule has 0 amide bonds. The van der Waals surface area contributed by atoms with Crippen LogP contribution in [-0.4, -0.2) is 22.6 Å². The second kappa shape index (κ2) is 6.58. The van der Waals surface area contributed by atoms with Crippen LogP contribution in [0.25, 0.3) is 22.6 Å². The minimum Gasteiger partial charge on any atom is -0.436 e. The minimum atomic E-state index is -0.509. The highest BCUT2D eigenvalue weighted by atomic mass is 19.1. The van der Waals surface area contributed by atoms with Gasteiger partial charge in [0.15, 0.2) is 5.58 Å². The third-order valence-electron chi connectivity index (χ3n) is 5.57. The third kappa shape index (κ3) is 3.00. The van der Waals surface area contributed by atoms with Crippen molar-refractivity contribution in [2.24, 2.45) is 21.5 Å². The zero-order valence-corrected chi connectivity index (χ0v) is 15.8. The third-order valence-corrected chi connectivity index (χ3v) is 5.57. The lowest BCUT2D eigenvalue weighted by atomic mass is 9.87. The topological polar surface area (TPSA) is 106 Å². The quantitative estimate of drug-likeness (QED) is 0.691. The molecule has 1 fully saturated rings. The maximum atomic E-state index is 13.2. The van der Waals surface area contributed by atoms with Gasteiger partial charge in [-0.15, -0.1) is 0 Å². The average Bonchev–Trinajstić information content (AvgIpc) is 3.12. The average molecular weight is 392 g/mol. The van der Waals surface area contributed by atoms with Crippen LogP contribution in [-0.2, 0) is 0 Å². The van der Waals surface area contributed by atoms with Crippen molar-refractivity contribution < 1.29 is 8.81 Å². The van der Waals surface area contributed by atoms with E-state index in [1.54, 1.807) is 12.1 Å². The molecule has 8 heteroatoms. The normalized spacial score (nSPS) is 18.7. The van der Waals surface area contributed by atoms with Gasteiger partial charge in [-0.2, -0.15) is 4.99 Å². The first-order chi connectivity index (χ1) is 14.0. The van der Waals surface area contributed by atoms with Crippen molar-refractivity contribution in [3.63, 3.8) is 0 Å². The second-order valence-corrected chi connectivity index (χ2v) is 7.50. The Morgan fingerprint density at radius 3 is 2.52 bits per heavy atom. The van der Waals surface area contributed by atoms with Crippen LogP contribution >= 0.6 is 0 Å². The van der Waals surface area contributed by atoms with Gasteiger partial charge in [-0.25, -0.2) is 14.4 Å². The smallest absolute Gasteiger partial charge is 0.227 e. The summed E-state index contributed by atoms with van der Waals surface area (Å²) in [6, 6.07) is 11.8. The minimum absolute atomic E-state index is 0.224. The summed E-state index contributed by atoms with van der Waals surface area (Å²) < 4.78 is 19.1. The molecule has 1 aliphatic carbocycles. The molecular weight excluding hydrogens is 371 g/mol. The lowest BCUT2D eigenvalue weighted by molar-refractivity contribution is 0.305. The number of fused-ring (bicyclic) bond motifs is 1. The molecule has 1 aliphatic heterocycles. The first-order valence-electron chi connectivity index (χ1n) is 9.70. The van der Waals surface area contributed by atoms with Gasteiger partial charge < -0.3 is 15.9 Å². The number of hydrogen-bond acceptors (Lipinski definition) is 7. The Bertz CT molecular complexity index is 1130. The van der Waals surface area contributed by atoms with E-state index in [0.717, 1.165) is 31.4 Å². The number of hydrogen-bond donors (Lipinski definition) is 2. The number of nitrogens with zero attached hydrogens (tertiary/aromatic N) is 4. The van der Waals surface area contributed by atoms with Crippen molar-refractivity contribution in [2.45, 2.75) is 37.8 Å². The summed E-state index contributed by atoms with van der Waals surface area (Å²) >= 11 is 0. The van der Waals surface area contributed by atoms with Crippen LogP contribution in [0.2, 0.25) is 0 Å².